The number of aliphatic hydroxyl groups excluding tert-OH is 1. The van der Waals surface area contributed by atoms with Crippen LogP contribution in [0, 0.1) is 0 Å². The molecule has 0 aromatic heterocycles. The van der Waals surface area contributed by atoms with Crippen molar-refractivity contribution in [2.24, 2.45) is 0 Å². The fraction of sp³-hybridized carbons (Fsp3) is 0.125. The van der Waals surface area contributed by atoms with E-state index < -0.39 is 6.10 Å². The molecule has 5 rings (SSSR count). The van der Waals surface area contributed by atoms with E-state index in [1.54, 1.807) is 36.4 Å². The Balaban J connectivity index is 1.55. The van der Waals surface area contributed by atoms with Crippen LogP contribution in [0.3, 0.4) is 0 Å². The number of phenols is 3. The van der Waals surface area contributed by atoms with Gasteiger partial charge in [0.2, 0.25) is 0 Å². The van der Waals surface area contributed by atoms with E-state index in [-0.39, 0.29) is 29.1 Å². The van der Waals surface area contributed by atoms with Gasteiger partial charge in [-0.15, -0.1) is 0 Å². The molecule has 0 aliphatic heterocycles. The first-order valence-corrected chi connectivity index (χ1v) is 12.0. The highest BCUT2D eigenvalue weighted by atomic mass is 16.3. The predicted molar refractivity (Wildman–Crippen MR) is 141 cm³/mol. The number of phenolic OH excluding ortho intramolecular Hbond substituents is 3. The van der Waals surface area contributed by atoms with E-state index >= 15 is 0 Å². The second-order valence-corrected chi connectivity index (χ2v) is 9.17. The van der Waals surface area contributed by atoms with E-state index in [1.165, 1.54) is 0 Å². The van der Waals surface area contributed by atoms with Gasteiger partial charge in [-0.3, -0.25) is 0 Å². The lowest BCUT2D eigenvalue weighted by atomic mass is 9.80. The first-order chi connectivity index (χ1) is 17.5. The van der Waals surface area contributed by atoms with E-state index in [1.807, 2.05) is 48.6 Å². The minimum atomic E-state index is -0.465. The summed E-state index contributed by atoms with van der Waals surface area (Å²) in [7, 11) is 0. The fourth-order valence-electron chi connectivity index (χ4n) is 4.88. The lowest BCUT2D eigenvalue weighted by molar-refractivity contribution is 0.225. The molecule has 4 N–H and O–H groups in total. The summed E-state index contributed by atoms with van der Waals surface area (Å²) in [5, 5.41) is 39.4. The zero-order valence-corrected chi connectivity index (χ0v) is 19.7. The summed E-state index contributed by atoms with van der Waals surface area (Å²) < 4.78 is 0. The number of hydrogen-bond donors (Lipinski definition) is 4. The highest BCUT2D eigenvalue weighted by Gasteiger charge is 2.22. The van der Waals surface area contributed by atoms with Crippen LogP contribution in [0.4, 0.5) is 0 Å². The highest BCUT2D eigenvalue weighted by Crippen LogP contribution is 2.38. The van der Waals surface area contributed by atoms with Crippen LogP contribution in [0.2, 0.25) is 0 Å². The standard InChI is InChI=1S/C32H28O4/c33-27-13-5-23(6-14-27)31(24-7-15-28(34)16-8-24)21-1-2-22(4-3-21)32(25-9-17-29(35)18-10-25)26-11-19-30(36)20-12-26/h1-19,30-36H,20H2. The van der Waals surface area contributed by atoms with Gasteiger partial charge in [-0.25, -0.2) is 0 Å². The summed E-state index contributed by atoms with van der Waals surface area (Å²) >= 11 is 0. The van der Waals surface area contributed by atoms with Gasteiger partial charge in [0.1, 0.15) is 17.2 Å². The lowest BCUT2D eigenvalue weighted by Crippen LogP contribution is -2.10. The summed E-state index contributed by atoms with van der Waals surface area (Å²) in [6.45, 7) is 0. The van der Waals surface area contributed by atoms with Crippen molar-refractivity contribution in [3.05, 3.63) is 149 Å². The Morgan fingerprint density at radius 2 is 0.833 bits per heavy atom. The summed E-state index contributed by atoms with van der Waals surface area (Å²) in [6, 6.07) is 30.2. The van der Waals surface area contributed by atoms with Gasteiger partial charge in [-0.05, 0) is 76.2 Å². The van der Waals surface area contributed by atoms with Crippen LogP contribution in [0.1, 0.15) is 46.1 Å². The van der Waals surface area contributed by atoms with Crippen molar-refractivity contribution in [2.45, 2.75) is 24.4 Å². The number of aliphatic hydroxyl groups is 1. The summed E-state index contributed by atoms with van der Waals surface area (Å²) in [4.78, 5) is 0. The number of hydrogen-bond acceptors (Lipinski definition) is 4. The van der Waals surface area contributed by atoms with E-state index in [2.05, 4.69) is 30.3 Å². The molecule has 0 spiro atoms. The van der Waals surface area contributed by atoms with Gasteiger partial charge in [0.15, 0.2) is 0 Å². The molecule has 4 nitrogen and oxygen atoms in total. The number of rotatable bonds is 6. The summed E-state index contributed by atoms with van der Waals surface area (Å²) in [5.41, 5.74) is 6.42. The van der Waals surface area contributed by atoms with Crippen molar-refractivity contribution < 1.29 is 20.4 Å². The van der Waals surface area contributed by atoms with Crippen molar-refractivity contribution >= 4 is 0 Å². The smallest absolute Gasteiger partial charge is 0.115 e. The maximum absolute atomic E-state index is 9.94. The van der Waals surface area contributed by atoms with Crippen LogP contribution in [-0.2, 0) is 0 Å². The van der Waals surface area contributed by atoms with Crippen LogP contribution in [0.15, 0.2) is 121 Å². The minimum Gasteiger partial charge on any atom is -0.508 e. The molecule has 4 aromatic carbocycles. The van der Waals surface area contributed by atoms with Crippen molar-refractivity contribution in [1.29, 1.82) is 0 Å². The zero-order valence-electron chi connectivity index (χ0n) is 19.7. The molecule has 2 atom stereocenters. The Morgan fingerprint density at radius 1 is 0.500 bits per heavy atom. The van der Waals surface area contributed by atoms with E-state index in [4.69, 9.17) is 0 Å². The highest BCUT2D eigenvalue weighted by molar-refractivity contribution is 5.50. The molecule has 0 heterocycles. The van der Waals surface area contributed by atoms with Gasteiger partial charge in [-0.2, -0.15) is 0 Å². The van der Waals surface area contributed by atoms with Crippen LogP contribution in [0.25, 0.3) is 0 Å². The third-order valence-electron chi connectivity index (χ3n) is 6.72. The van der Waals surface area contributed by atoms with Gasteiger partial charge in [-0.1, -0.05) is 78.9 Å². The second-order valence-electron chi connectivity index (χ2n) is 9.17. The van der Waals surface area contributed by atoms with Crippen LogP contribution in [0.5, 0.6) is 17.2 Å². The van der Waals surface area contributed by atoms with Crippen molar-refractivity contribution in [2.75, 3.05) is 0 Å². The van der Waals surface area contributed by atoms with Crippen molar-refractivity contribution in [3.8, 4) is 17.2 Å². The average Bonchev–Trinajstić information content (AvgIpc) is 2.90. The van der Waals surface area contributed by atoms with Gasteiger partial charge in [0, 0.05) is 11.8 Å². The third kappa shape index (κ3) is 5.04. The number of aromatic hydroxyl groups is 3. The number of allylic oxidation sites excluding steroid dienone is 2. The summed E-state index contributed by atoms with van der Waals surface area (Å²) in [6.07, 6.45) is 5.99. The molecule has 4 aromatic rings. The minimum absolute atomic E-state index is 0.0378. The fourth-order valence-corrected chi connectivity index (χ4v) is 4.88. The first-order valence-electron chi connectivity index (χ1n) is 12.0. The Bertz CT molecular complexity index is 1320. The molecule has 1 aliphatic carbocycles. The van der Waals surface area contributed by atoms with Crippen molar-refractivity contribution in [3.63, 3.8) is 0 Å². The van der Waals surface area contributed by atoms with E-state index in [0.717, 1.165) is 33.4 Å². The van der Waals surface area contributed by atoms with Crippen LogP contribution >= 0.6 is 0 Å². The van der Waals surface area contributed by atoms with Crippen molar-refractivity contribution in [1.82, 2.24) is 0 Å². The lowest BCUT2D eigenvalue weighted by Gasteiger charge is -2.24. The second kappa shape index (κ2) is 10.1. The van der Waals surface area contributed by atoms with E-state index in [0.29, 0.717) is 6.42 Å². The maximum atomic E-state index is 9.94. The quantitative estimate of drug-likeness (QED) is 0.244. The Kier molecular flexibility index (Phi) is 6.61. The van der Waals surface area contributed by atoms with Gasteiger partial charge in [0.25, 0.3) is 0 Å². The molecule has 0 fully saturated rings. The average molecular weight is 477 g/mol. The van der Waals surface area contributed by atoms with E-state index in [9.17, 15) is 20.4 Å². The normalized spacial score (nSPS) is 16.1. The van der Waals surface area contributed by atoms with Gasteiger partial charge in [0.05, 0.1) is 6.10 Å². The first kappa shape index (κ1) is 23.5. The topological polar surface area (TPSA) is 80.9 Å². The SMILES string of the molecule is Oc1ccc(C(C2=CCC(O)C=C2)c2ccc(C(c3ccc(O)cc3)c3ccc(O)cc3)cc2)cc1. The molecule has 180 valence electrons. The molecule has 36 heavy (non-hydrogen) atoms. The molecular weight excluding hydrogens is 448 g/mol. The summed E-state index contributed by atoms with van der Waals surface area (Å²) in [5.74, 6) is 0.547. The van der Waals surface area contributed by atoms with Gasteiger partial charge >= 0.3 is 0 Å². The molecule has 0 saturated heterocycles. The molecule has 1 aliphatic rings. The number of benzene rings is 4. The monoisotopic (exact) mass is 476 g/mol. The molecule has 4 heteroatoms. The van der Waals surface area contributed by atoms with Crippen LogP contribution < -0.4 is 0 Å². The zero-order chi connectivity index (χ0) is 25.1. The molecule has 0 radical (unpaired) electrons. The Labute approximate surface area is 210 Å². The molecular formula is C32H28O4. The molecule has 0 amide bonds. The maximum Gasteiger partial charge on any atom is 0.115 e. The Morgan fingerprint density at radius 3 is 1.17 bits per heavy atom. The molecule has 0 saturated carbocycles. The third-order valence-corrected chi connectivity index (χ3v) is 6.72. The predicted octanol–water partition coefficient (Wildman–Crippen LogP) is 6.36. The molecule has 2 unspecified atom stereocenters. The van der Waals surface area contributed by atoms with Gasteiger partial charge < -0.3 is 20.4 Å². The molecule has 0 bridgehead atoms. The largest absolute Gasteiger partial charge is 0.508 e. The van der Waals surface area contributed by atoms with Crippen LogP contribution in [-0.4, -0.2) is 26.5 Å². The Hall–Kier alpha value is -4.28.